The van der Waals surface area contributed by atoms with Crippen LogP contribution in [-0.2, 0) is 0 Å². The molecule has 2 heteroatoms. The van der Waals surface area contributed by atoms with Gasteiger partial charge in [0.25, 0.3) is 0 Å². The van der Waals surface area contributed by atoms with Gasteiger partial charge >= 0.3 is 0 Å². The molecule has 2 aromatic rings. The number of rotatable bonds is 4. The van der Waals surface area contributed by atoms with Gasteiger partial charge in [0.05, 0.1) is 0 Å². The monoisotopic (exact) mass is 241 g/mol. The molecule has 0 aliphatic carbocycles. The summed E-state index contributed by atoms with van der Waals surface area (Å²) in [5, 5.41) is 0. The third-order valence-corrected chi connectivity index (χ3v) is 2.85. The van der Waals surface area contributed by atoms with Gasteiger partial charge < -0.3 is 10.5 Å². The molecule has 0 atom stereocenters. The first-order valence-corrected chi connectivity index (χ1v) is 6.16. The first-order chi connectivity index (χ1) is 8.62. The van der Waals surface area contributed by atoms with Crippen molar-refractivity contribution in [2.75, 3.05) is 6.54 Å². The summed E-state index contributed by atoms with van der Waals surface area (Å²) in [5.74, 6) is 0.874. The number of para-hydroxylation sites is 1. The van der Waals surface area contributed by atoms with Crippen molar-refractivity contribution in [3.8, 4) is 16.9 Å². The van der Waals surface area contributed by atoms with Gasteiger partial charge in [-0.15, -0.1) is 0 Å². The standard InChI is InChI=1S/C16H19NO/c1-16(2,12-17)18-15-11-7-6-10-14(15)13-8-4-3-5-9-13/h3-11H,12,17H2,1-2H3. The van der Waals surface area contributed by atoms with Crippen LogP contribution < -0.4 is 10.5 Å². The highest BCUT2D eigenvalue weighted by molar-refractivity contribution is 5.70. The number of benzene rings is 2. The van der Waals surface area contributed by atoms with Crippen molar-refractivity contribution >= 4 is 0 Å². The van der Waals surface area contributed by atoms with Crippen molar-refractivity contribution in [2.45, 2.75) is 19.4 Å². The number of hydrogen-bond donors (Lipinski definition) is 1. The van der Waals surface area contributed by atoms with Crippen LogP contribution in [0.4, 0.5) is 0 Å². The summed E-state index contributed by atoms with van der Waals surface area (Å²) >= 11 is 0. The van der Waals surface area contributed by atoms with Crippen molar-refractivity contribution in [3.05, 3.63) is 54.6 Å². The van der Waals surface area contributed by atoms with Gasteiger partial charge in [0, 0.05) is 12.1 Å². The third-order valence-electron chi connectivity index (χ3n) is 2.85. The van der Waals surface area contributed by atoms with E-state index < -0.39 is 0 Å². The molecule has 0 spiro atoms. The summed E-state index contributed by atoms with van der Waals surface area (Å²) in [6.07, 6.45) is 0. The first kappa shape index (κ1) is 12.7. The van der Waals surface area contributed by atoms with Gasteiger partial charge in [-0.05, 0) is 25.5 Å². The van der Waals surface area contributed by atoms with Crippen molar-refractivity contribution in [2.24, 2.45) is 5.73 Å². The summed E-state index contributed by atoms with van der Waals surface area (Å²) in [6, 6.07) is 18.3. The second-order valence-corrected chi connectivity index (χ2v) is 4.93. The van der Waals surface area contributed by atoms with Crippen LogP contribution in [0.3, 0.4) is 0 Å². The maximum Gasteiger partial charge on any atom is 0.128 e. The molecule has 2 N–H and O–H groups in total. The van der Waals surface area contributed by atoms with E-state index in [1.54, 1.807) is 0 Å². The predicted molar refractivity (Wildman–Crippen MR) is 75.6 cm³/mol. The molecule has 0 saturated carbocycles. The fraction of sp³-hybridized carbons (Fsp3) is 0.250. The van der Waals surface area contributed by atoms with Crippen LogP contribution in [0.5, 0.6) is 5.75 Å². The van der Waals surface area contributed by atoms with E-state index in [1.807, 2.05) is 50.2 Å². The van der Waals surface area contributed by atoms with E-state index in [2.05, 4.69) is 18.2 Å². The second-order valence-electron chi connectivity index (χ2n) is 4.93. The Balaban J connectivity index is 2.38. The van der Waals surface area contributed by atoms with Gasteiger partial charge in [-0.25, -0.2) is 0 Å². The molecule has 0 bridgehead atoms. The lowest BCUT2D eigenvalue weighted by molar-refractivity contribution is 0.119. The van der Waals surface area contributed by atoms with Crippen LogP contribution in [0.15, 0.2) is 54.6 Å². The Morgan fingerprint density at radius 1 is 0.944 bits per heavy atom. The molecule has 0 amide bonds. The third kappa shape index (κ3) is 2.90. The first-order valence-electron chi connectivity index (χ1n) is 6.16. The fourth-order valence-corrected chi connectivity index (χ4v) is 1.75. The number of hydrogen-bond acceptors (Lipinski definition) is 2. The Morgan fingerprint density at radius 3 is 2.22 bits per heavy atom. The van der Waals surface area contributed by atoms with Crippen molar-refractivity contribution < 1.29 is 4.74 Å². The molecular formula is C16H19NO. The Bertz CT molecular complexity index is 506. The fourth-order valence-electron chi connectivity index (χ4n) is 1.75. The lowest BCUT2D eigenvalue weighted by Crippen LogP contribution is -2.37. The van der Waals surface area contributed by atoms with Crippen LogP contribution in [0, 0.1) is 0 Å². The van der Waals surface area contributed by atoms with Gasteiger partial charge in [0.15, 0.2) is 0 Å². The molecule has 2 nitrogen and oxygen atoms in total. The highest BCUT2D eigenvalue weighted by atomic mass is 16.5. The van der Waals surface area contributed by atoms with Gasteiger partial charge in [0.1, 0.15) is 11.4 Å². The summed E-state index contributed by atoms with van der Waals surface area (Å²) < 4.78 is 6.01. The van der Waals surface area contributed by atoms with Crippen molar-refractivity contribution in [1.29, 1.82) is 0 Å². The van der Waals surface area contributed by atoms with Gasteiger partial charge in [0.2, 0.25) is 0 Å². The van der Waals surface area contributed by atoms with Crippen LogP contribution in [0.2, 0.25) is 0 Å². The molecule has 94 valence electrons. The molecule has 0 aliphatic heterocycles. The average Bonchev–Trinajstić information content (AvgIpc) is 2.40. The normalized spacial score (nSPS) is 11.3. The zero-order valence-corrected chi connectivity index (χ0v) is 10.9. The summed E-state index contributed by atoms with van der Waals surface area (Å²) in [7, 11) is 0. The minimum absolute atomic E-state index is 0.356. The quantitative estimate of drug-likeness (QED) is 0.889. The Hall–Kier alpha value is -1.80. The van der Waals surface area contributed by atoms with Crippen molar-refractivity contribution in [3.63, 3.8) is 0 Å². The van der Waals surface area contributed by atoms with Crippen LogP contribution >= 0.6 is 0 Å². The van der Waals surface area contributed by atoms with E-state index in [9.17, 15) is 0 Å². The molecule has 0 aliphatic rings. The average molecular weight is 241 g/mol. The van der Waals surface area contributed by atoms with Gasteiger partial charge in [-0.1, -0.05) is 48.5 Å². The van der Waals surface area contributed by atoms with Crippen LogP contribution in [0.1, 0.15) is 13.8 Å². The SMILES string of the molecule is CC(C)(CN)Oc1ccccc1-c1ccccc1. The molecule has 0 aromatic heterocycles. The number of nitrogens with two attached hydrogens (primary N) is 1. The molecule has 0 saturated heterocycles. The van der Waals surface area contributed by atoms with E-state index in [-0.39, 0.29) is 5.60 Å². The summed E-state index contributed by atoms with van der Waals surface area (Å²) in [6.45, 7) is 4.47. The molecule has 2 aromatic carbocycles. The van der Waals surface area contributed by atoms with Gasteiger partial charge in [-0.3, -0.25) is 0 Å². The maximum absolute atomic E-state index is 6.01. The molecule has 0 radical (unpaired) electrons. The second kappa shape index (κ2) is 5.23. The number of ether oxygens (including phenoxy) is 1. The van der Waals surface area contributed by atoms with Gasteiger partial charge in [-0.2, -0.15) is 0 Å². The largest absolute Gasteiger partial charge is 0.486 e. The highest BCUT2D eigenvalue weighted by Crippen LogP contribution is 2.31. The molecule has 18 heavy (non-hydrogen) atoms. The lowest BCUT2D eigenvalue weighted by Gasteiger charge is -2.26. The highest BCUT2D eigenvalue weighted by Gasteiger charge is 2.19. The lowest BCUT2D eigenvalue weighted by atomic mass is 10.0. The van der Waals surface area contributed by atoms with Crippen LogP contribution in [-0.4, -0.2) is 12.1 Å². The smallest absolute Gasteiger partial charge is 0.128 e. The Labute approximate surface area is 108 Å². The van der Waals surface area contributed by atoms with Crippen LogP contribution in [0.25, 0.3) is 11.1 Å². The molecule has 0 heterocycles. The summed E-state index contributed by atoms with van der Waals surface area (Å²) in [4.78, 5) is 0. The zero-order chi connectivity index (χ0) is 13.0. The maximum atomic E-state index is 6.01. The predicted octanol–water partition coefficient (Wildman–Crippen LogP) is 3.47. The molecular weight excluding hydrogens is 222 g/mol. The minimum atomic E-state index is -0.356. The Kier molecular flexibility index (Phi) is 3.68. The summed E-state index contributed by atoms with van der Waals surface area (Å²) in [5.41, 5.74) is 7.61. The van der Waals surface area contributed by atoms with Crippen molar-refractivity contribution in [1.82, 2.24) is 0 Å². The Morgan fingerprint density at radius 2 is 1.56 bits per heavy atom. The van der Waals surface area contributed by atoms with E-state index >= 15 is 0 Å². The molecule has 0 unspecified atom stereocenters. The van der Waals surface area contributed by atoms with E-state index in [1.165, 1.54) is 0 Å². The van der Waals surface area contributed by atoms with E-state index in [0.29, 0.717) is 6.54 Å². The zero-order valence-electron chi connectivity index (χ0n) is 10.9. The molecule has 2 rings (SSSR count). The minimum Gasteiger partial charge on any atom is -0.486 e. The topological polar surface area (TPSA) is 35.2 Å². The van der Waals surface area contributed by atoms with E-state index in [4.69, 9.17) is 10.5 Å². The van der Waals surface area contributed by atoms with E-state index in [0.717, 1.165) is 16.9 Å². The molecule has 0 fully saturated rings.